The molecule has 1 rings (SSSR count). The van der Waals surface area contributed by atoms with Crippen LogP contribution in [0, 0.1) is 0 Å². The van der Waals surface area contributed by atoms with Gasteiger partial charge in [0.25, 0.3) is 0 Å². The van der Waals surface area contributed by atoms with Crippen molar-refractivity contribution in [3.05, 3.63) is 17.6 Å². The van der Waals surface area contributed by atoms with Crippen molar-refractivity contribution < 1.29 is 9.53 Å². The minimum Gasteiger partial charge on any atom is -0.464 e. The fourth-order valence-corrected chi connectivity index (χ4v) is 0.950. The van der Waals surface area contributed by atoms with Crippen molar-refractivity contribution in [3.63, 3.8) is 0 Å². The number of carbonyl (C=O) groups is 1. The highest BCUT2D eigenvalue weighted by Gasteiger charge is 2.14. The molecule has 14 heavy (non-hydrogen) atoms. The predicted octanol–water partition coefficient (Wildman–Crippen LogP) is 0.969. The summed E-state index contributed by atoms with van der Waals surface area (Å²) in [5, 5.41) is 0. The van der Waals surface area contributed by atoms with Crippen molar-refractivity contribution in [1.82, 2.24) is 9.97 Å². The topological polar surface area (TPSA) is 78.1 Å². The average Bonchev–Trinajstić information content (AvgIpc) is 2.16. The Bertz CT molecular complexity index is 350. The van der Waals surface area contributed by atoms with Gasteiger partial charge in [-0.05, 0) is 5.92 Å². The number of aromatic nitrogens is 2. The van der Waals surface area contributed by atoms with Crippen LogP contribution in [0.25, 0.3) is 0 Å². The van der Waals surface area contributed by atoms with E-state index < -0.39 is 5.97 Å². The molecule has 76 valence electrons. The van der Waals surface area contributed by atoms with E-state index in [0.717, 1.165) is 5.69 Å². The van der Waals surface area contributed by atoms with Gasteiger partial charge in [-0.3, -0.25) is 0 Å². The van der Waals surface area contributed by atoms with E-state index in [2.05, 4.69) is 14.7 Å². The van der Waals surface area contributed by atoms with Gasteiger partial charge < -0.3 is 10.5 Å². The molecule has 0 amide bonds. The molecule has 1 aromatic heterocycles. The van der Waals surface area contributed by atoms with Crippen LogP contribution in [-0.4, -0.2) is 23.0 Å². The van der Waals surface area contributed by atoms with Crippen molar-refractivity contribution in [2.75, 3.05) is 12.8 Å². The zero-order valence-corrected chi connectivity index (χ0v) is 8.44. The molecule has 0 aliphatic carbocycles. The molecule has 0 aliphatic rings. The maximum atomic E-state index is 11.1. The van der Waals surface area contributed by atoms with Crippen LogP contribution < -0.4 is 5.73 Å². The summed E-state index contributed by atoms with van der Waals surface area (Å²) in [5.74, 6) is -0.218. The number of anilines is 1. The molecule has 0 aromatic carbocycles. The van der Waals surface area contributed by atoms with Crippen LogP contribution >= 0.6 is 0 Å². The Morgan fingerprint density at radius 1 is 1.57 bits per heavy atom. The summed E-state index contributed by atoms with van der Waals surface area (Å²) in [6.45, 7) is 3.95. The third kappa shape index (κ3) is 1.99. The van der Waals surface area contributed by atoms with Crippen molar-refractivity contribution in [3.8, 4) is 0 Å². The number of carbonyl (C=O) groups excluding carboxylic acids is 1. The average molecular weight is 195 g/mol. The number of methoxy groups -OCH3 is 1. The molecular formula is C9H13N3O2. The van der Waals surface area contributed by atoms with Gasteiger partial charge in [-0.15, -0.1) is 0 Å². The van der Waals surface area contributed by atoms with E-state index in [1.54, 1.807) is 0 Å². The normalized spacial score (nSPS) is 10.3. The Balaban J connectivity index is 3.07. The molecule has 0 spiro atoms. The summed E-state index contributed by atoms with van der Waals surface area (Å²) < 4.78 is 4.50. The van der Waals surface area contributed by atoms with Crippen LogP contribution in [0.15, 0.2) is 6.20 Å². The molecule has 0 atom stereocenters. The van der Waals surface area contributed by atoms with Gasteiger partial charge in [-0.25, -0.2) is 14.8 Å². The molecule has 1 aromatic rings. The highest BCUT2D eigenvalue weighted by Crippen LogP contribution is 2.14. The van der Waals surface area contributed by atoms with Gasteiger partial charge in [0.15, 0.2) is 11.5 Å². The van der Waals surface area contributed by atoms with Gasteiger partial charge in [-0.2, -0.15) is 0 Å². The summed E-state index contributed by atoms with van der Waals surface area (Å²) in [6, 6.07) is 0. The summed E-state index contributed by atoms with van der Waals surface area (Å²) in [4.78, 5) is 19.1. The molecule has 5 nitrogen and oxygen atoms in total. The molecule has 0 aliphatic heterocycles. The maximum absolute atomic E-state index is 11.1. The van der Waals surface area contributed by atoms with Gasteiger partial charge in [0.1, 0.15) is 0 Å². The lowest BCUT2D eigenvalue weighted by Gasteiger charge is -2.06. The number of ether oxygens (including phenoxy) is 1. The predicted molar refractivity (Wildman–Crippen MR) is 51.9 cm³/mol. The SMILES string of the molecule is COC(=O)c1ncc(C(C)C)nc1N. The van der Waals surface area contributed by atoms with Crippen LogP contribution in [0.3, 0.4) is 0 Å². The van der Waals surface area contributed by atoms with E-state index in [0.29, 0.717) is 0 Å². The quantitative estimate of drug-likeness (QED) is 0.711. The Kier molecular flexibility index (Phi) is 3.01. The molecule has 5 heteroatoms. The number of hydrogen-bond donors (Lipinski definition) is 1. The number of hydrogen-bond acceptors (Lipinski definition) is 5. The van der Waals surface area contributed by atoms with Crippen molar-refractivity contribution >= 4 is 11.8 Å². The van der Waals surface area contributed by atoms with Gasteiger partial charge in [0.05, 0.1) is 12.8 Å². The van der Waals surface area contributed by atoms with Crippen LogP contribution in [0.1, 0.15) is 35.9 Å². The van der Waals surface area contributed by atoms with Crippen LogP contribution in [0.5, 0.6) is 0 Å². The molecule has 0 radical (unpaired) electrons. The second-order valence-electron chi connectivity index (χ2n) is 3.17. The van der Waals surface area contributed by atoms with E-state index >= 15 is 0 Å². The van der Waals surface area contributed by atoms with E-state index in [1.165, 1.54) is 13.3 Å². The number of nitrogens with two attached hydrogens (primary N) is 1. The molecule has 2 N–H and O–H groups in total. The van der Waals surface area contributed by atoms with E-state index in [4.69, 9.17) is 5.73 Å². The summed E-state index contributed by atoms with van der Waals surface area (Å²) >= 11 is 0. The standard InChI is InChI=1S/C9H13N3O2/c1-5(2)6-4-11-7(8(10)12-6)9(13)14-3/h4-5H,1-3H3,(H2,10,12). The highest BCUT2D eigenvalue weighted by atomic mass is 16.5. The van der Waals surface area contributed by atoms with E-state index in [1.807, 2.05) is 13.8 Å². The lowest BCUT2D eigenvalue weighted by molar-refractivity contribution is 0.0595. The highest BCUT2D eigenvalue weighted by molar-refractivity contribution is 5.91. The summed E-state index contributed by atoms with van der Waals surface area (Å²) in [5.41, 5.74) is 6.39. The van der Waals surface area contributed by atoms with Crippen LogP contribution in [0.4, 0.5) is 5.82 Å². The Morgan fingerprint density at radius 3 is 2.64 bits per heavy atom. The second kappa shape index (κ2) is 4.04. The van der Waals surface area contributed by atoms with E-state index in [-0.39, 0.29) is 17.4 Å². The molecule has 0 saturated carbocycles. The minimum absolute atomic E-state index is 0.0666. The maximum Gasteiger partial charge on any atom is 0.360 e. The molecule has 1 heterocycles. The second-order valence-corrected chi connectivity index (χ2v) is 3.17. The van der Waals surface area contributed by atoms with Crippen molar-refractivity contribution in [2.24, 2.45) is 0 Å². The number of nitrogens with zero attached hydrogens (tertiary/aromatic N) is 2. The molecule has 0 bridgehead atoms. The summed E-state index contributed by atoms with van der Waals surface area (Å²) in [7, 11) is 1.28. The largest absolute Gasteiger partial charge is 0.464 e. The van der Waals surface area contributed by atoms with Crippen molar-refractivity contribution in [2.45, 2.75) is 19.8 Å². The first-order valence-corrected chi connectivity index (χ1v) is 4.27. The fourth-order valence-electron chi connectivity index (χ4n) is 0.950. The Labute approximate surface area is 82.3 Å². The monoisotopic (exact) mass is 195 g/mol. The Hall–Kier alpha value is -1.65. The summed E-state index contributed by atoms with van der Waals surface area (Å²) in [6.07, 6.45) is 1.54. The van der Waals surface area contributed by atoms with Gasteiger partial charge in [0.2, 0.25) is 0 Å². The molecular weight excluding hydrogens is 182 g/mol. The first kappa shape index (κ1) is 10.4. The molecule has 0 saturated heterocycles. The van der Waals surface area contributed by atoms with Gasteiger partial charge in [-0.1, -0.05) is 13.8 Å². The smallest absolute Gasteiger partial charge is 0.360 e. The number of rotatable bonds is 2. The first-order chi connectivity index (χ1) is 6.56. The van der Waals surface area contributed by atoms with Gasteiger partial charge >= 0.3 is 5.97 Å². The van der Waals surface area contributed by atoms with Gasteiger partial charge in [0, 0.05) is 6.20 Å². The lowest BCUT2D eigenvalue weighted by atomic mass is 10.1. The lowest BCUT2D eigenvalue weighted by Crippen LogP contribution is -2.11. The fraction of sp³-hybridized carbons (Fsp3) is 0.444. The minimum atomic E-state index is -0.565. The van der Waals surface area contributed by atoms with Crippen LogP contribution in [0.2, 0.25) is 0 Å². The van der Waals surface area contributed by atoms with E-state index in [9.17, 15) is 4.79 Å². The van der Waals surface area contributed by atoms with Crippen molar-refractivity contribution in [1.29, 1.82) is 0 Å². The number of esters is 1. The van der Waals surface area contributed by atoms with Crippen LogP contribution in [-0.2, 0) is 4.74 Å². The number of nitrogen functional groups attached to an aromatic ring is 1. The zero-order chi connectivity index (χ0) is 10.7. The molecule has 0 unspecified atom stereocenters. The third-order valence-electron chi connectivity index (χ3n) is 1.79. The third-order valence-corrected chi connectivity index (χ3v) is 1.79. The Morgan fingerprint density at radius 2 is 2.21 bits per heavy atom. The first-order valence-electron chi connectivity index (χ1n) is 4.27. The molecule has 0 fully saturated rings. The zero-order valence-electron chi connectivity index (χ0n) is 8.44.